The fourth-order valence-electron chi connectivity index (χ4n) is 3.82. The van der Waals surface area contributed by atoms with E-state index < -0.39 is 10.0 Å². The molecule has 0 aromatic heterocycles. The molecule has 5 nitrogen and oxygen atoms in total. The van der Waals surface area contributed by atoms with Crippen LogP contribution in [0, 0.1) is 11.7 Å². The van der Waals surface area contributed by atoms with Crippen molar-refractivity contribution in [1.29, 1.82) is 0 Å². The number of piperidine rings is 1. The smallest absolute Gasteiger partial charge is 0.216 e. The number of hydrogen-bond donors (Lipinski definition) is 1. The van der Waals surface area contributed by atoms with E-state index in [-0.39, 0.29) is 11.1 Å². The quantitative estimate of drug-likeness (QED) is 0.774. The normalized spacial score (nSPS) is 23.7. The molecule has 30 heavy (non-hydrogen) atoms. The zero-order valence-electron chi connectivity index (χ0n) is 18.9. The molecule has 7 heteroatoms. The first kappa shape index (κ1) is 25.2. The Morgan fingerprint density at radius 1 is 1.03 bits per heavy atom. The zero-order valence-corrected chi connectivity index (χ0v) is 19.7. The second-order valence-corrected chi connectivity index (χ2v) is 10.9. The summed E-state index contributed by atoms with van der Waals surface area (Å²) in [5.41, 5.74) is 0. The summed E-state index contributed by atoms with van der Waals surface area (Å²) in [6.07, 6.45) is 5.06. The molecule has 1 aromatic carbocycles. The summed E-state index contributed by atoms with van der Waals surface area (Å²) in [4.78, 5) is 2.56. The monoisotopic (exact) mass is 441 g/mol. The maximum Gasteiger partial charge on any atom is 0.216 e. The number of nitrogens with one attached hydrogen (secondary N) is 1. The first-order valence-electron chi connectivity index (χ1n) is 11.5. The van der Waals surface area contributed by atoms with E-state index in [1.807, 2.05) is 0 Å². The Hall–Kier alpha value is -1.02. The largest absolute Gasteiger partial charge is 0.314 e. The minimum absolute atomic E-state index is 0.0489. The lowest BCUT2D eigenvalue weighted by atomic mass is 9.96. The fourth-order valence-corrected chi connectivity index (χ4v) is 5.70. The number of nitrogens with zero attached hydrogens (tertiary/aromatic N) is 2. The van der Waals surface area contributed by atoms with Gasteiger partial charge in [-0.25, -0.2) is 17.1 Å². The van der Waals surface area contributed by atoms with Crippen LogP contribution < -0.4 is 5.32 Å². The van der Waals surface area contributed by atoms with E-state index in [2.05, 4.69) is 31.0 Å². The Morgan fingerprint density at radius 3 is 2.10 bits per heavy atom. The lowest BCUT2D eigenvalue weighted by Gasteiger charge is -2.39. The number of sulfonamides is 1. The van der Waals surface area contributed by atoms with Gasteiger partial charge in [0.05, 0.1) is 5.25 Å². The van der Waals surface area contributed by atoms with E-state index in [1.54, 1.807) is 22.5 Å². The van der Waals surface area contributed by atoms with Crippen molar-refractivity contribution in [2.75, 3.05) is 39.3 Å². The van der Waals surface area contributed by atoms with Gasteiger partial charge in [0.2, 0.25) is 10.0 Å². The van der Waals surface area contributed by atoms with Crippen LogP contribution in [0.15, 0.2) is 30.3 Å². The van der Waals surface area contributed by atoms with Gasteiger partial charge in [-0.05, 0) is 50.7 Å². The van der Waals surface area contributed by atoms with E-state index in [4.69, 9.17) is 0 Å². The van der Waals surface area contributed by atoms with Gasteiger partial charge in [-0.1, -0.05) is 38.5 Å². The van der Waals surface area contributed by atoms with Crippen molar-refractivity contribution >= 4 is 10.0 Å². The van der Waals surface area contributed by atoms with Crippen LogP contribution in [0.25, 0.3) is 0 Å². The predicted molar refractivity (Wildman–Crippen MR) is 123 cm³/mol. The molecule has 1 N–H and O–H groups in total. The highest BCUT2D eigenvalue weighted by Crippen LogP contribution is 2.33. The van der Waals surface area contributed by atoms with Gasteiger partial charge in [-0.3, -0.25) is 4.90 Å². The standard InChI is InChI=1S/C14H27N3O2S.C6H5F.C3H8/c1-12-10-15-6-9-16(12)11-13-4-7-17(8-5-13)20(18,19)14-2-3-14;7-6-4-2-1-3-5-6;1-3-2/h12-15H,2-11H2,1H3;1-5H;3H2,1-2H3/t12-;;/m0../s1. The van der Waals surface area contributed by atoms with Crippen molar-refractivity contribution < 1.29 is 12.8 Å². The third kappa shape index (κ3) is 8.25. The molecule has 4 rings (SSSR count). The first-order valence-corrected chi connectivity index (χ1v) is 13.0. The number of piperazine rings is 1. The minimum atomic E-state index is -2.95. The summed E-state index contributed by atoms with van der Waals surface area (Å²) in [5.74, 6) is 0.490. The maximum atomic E-state index is 12.2. The van der Waals surface area contributed by atoms with Crippen LogP contribution in [0.3, 0.4) is 0 Å². The Bertz CT molecular complexity index is 690. The molecule has 0 radical (unpaired) electrons. The SMILES string of the molecule is CCC.C[C@H]1CNCCN1CC1CCN(S(=O)(=O)C2CC2)CC1.Fc1ccccc1. The highest BCUT2D eigenvalue weighted by molar-refractivity contribution is 7.90. The second kappa shape index (κ2) is 12.7. The molecule has 2 aliphatic heterocycles. The van der Waals surface area contributed by atoms with E-state index in [0.717, 1.165) is 65.0 Å². The molecule has 0 amide bonds. The van der Waals surface area contributed by atoms with Crippen LogP contribution in [-0.4, -0.2) is 68.2 Å². The predicted octanol–water partition coefficient (Wildman–Crippen LogP) is 3.73. The summed E-state index contributed by atoms with van der Waals surface area (Å²) in [7, 11) is -2.95. The highest BCUT2D eigenvalue weighted by Gasteiger charge is 2.41. The van der Waals surface area contributed by atoms with Crippen molar-refractivity contribution in [3.05, 3.63) is 36.1 Å². The maximum absolute atomic E-state index is 12.2. The Balaban J connectivity index is 0.000000266. The molecule has 0 spiro atoms. The average Bonchev–Trinajstić information content (AvgIpc) is 3.58. The molecule has 0 unspecified atom stereocenters. The fraction of sp³-hybridized carbons (Fsp3) is 0.739. The van der Waals surface area contributed by atoms with Crippen molar-refractivity contribution in [2.45, 2.75) is 64.2 Å². The molecule has 2 heterocycles. The first-order chi connectivity index (χ1) is 14.4. The van der Waals surface area contributed by atoms with Gasteiger partial charge >= 0.3 is 0 Å². The Labute approximate surface area is 183 Å². The van der Waals surface area contributed by atoms with Gasteiger partial charge in [0.15, 0.2) is 0 Å². The number of benzene rings is 1. The third-order valence-electron chi connectivity index (χ3n) is 5.74. The molecule has 3 aliphatic rings. The summed E-state index contributed by atoms with van der Waals surface area (Å²) in [5, 5.41) is 3.37. The van der Waals surface area contributed by atoms with Gasteiger partial charge < -0.3 is 5.32 Å². The van der Waals surface area contributed by atoms with Crippen LogP contribution in [0.1, 0.15) is 52.9 Å². The van der Waals surface area contributed by atoms with Crippen LogP contribution in [0.5, 0.6) is 0 Å². The summed E-state index contributed by atoms with van der Waals surface area (Å²) < 4.78 is 38.1. The topological polar surface area (TPSA) is 52.6 Å². The van der Waals surface area contributed by atoms with Gasteiger partial charge in [0, 0.05) is 45.3 Å². The van der Waals surface area contributed by atoms with Gasteiger partial charge in [0.1, 0.15) is 5.82 Å². The van der Waals surface area contributed by atoms with E-state index in [1.165, 1.54) is 18.6 Å². The molecular weight excluding hydrogens is 401 g/mol. The Kier molecular flexibility index (Phi) is 10.7. The highest BCUT2D eigenvalue weighted by atomic mass is 32.2. The summed E-state index contributed by atoms with van der Waals surface area (Å²) in [6, 6.07) is 8.55. The number of halogens is 1. The van der Waals surface area contributed by atoms with Crippen molar-refractivity contribution in [1.82, 2.24) is 14.5 Å². The molecule has 1 aromatic rings. The molecular formula is C23H40FN3O2S. The van der Waals surface area contributed by atoms with Crippen molar-refractivity contribution in [3.63, 3.8) is 0 Å². The number of hydrogen-bond acceptors (Lipinski definition) is 4. The molecule has 172 valence electrons. The summed E-state index contributed by atoms with van der Waals surface area (Å²) in [6.45, 7) is 12.4. The van der Waals surface area contributed by atoms with Crippen molar-refractivity contribution in [3.8, 4) is 0 Å². The third-order valence-corrected chi connectivity index (χ3v) is 8.14. The van der Waals surface area contributed by atoms with Crippen LogP contribution in [0.2, 0.25) is 0 Å². The Morgan fingerprint density at radius 2 is 1.63 bits per heavy atom. The average molecular weight is 442 g/mol. The van der Waals surface area contributed by atoms with Crippen LogP contribution in [0.4, 0.5) is 4.39 Å². The van der Waals surface area contributed by atoms with Gasteiger partial charge in [-0.2, -0.15) is 0 Å². The number of rotatable bonds is 4. The van der Waals surface area contributed by atoms with Crippen molar-refractivity contribution in [2.24, 2.45) is 5.92 Å². The van der Waals surface area contributed by atoms with E-state index in [0.29, 0.717) is 12.0 Å². The molecule has 3 fully saturated rings. The molecule has 1 aliphatic carbocycles. The van der Waals surface area contributed by atoms with Gasteiger partial charge in [-0.15, -0.1) is 0 Å². The molecule has 2 saturated heterocycles. The van der Waals surface area contributed by atoms with Crippen LogP contribution >= 0.6 is 0 Å². The van der Waals surface area contributed by atoms with E-state index in [9.17, 15) is 12.8 Å². The molecule has 1 saturated carbocycles. The lowest BCUT2D eigenvalue weighted by Crippen LogP contribution is -2.52. The lowest BCUT2D eigenvalue weighted by molar-refractivity contribution is 0.126. The van der Waals surface area contributed by atoms with Gasteiger partial charge in [0.25, 0.3) is 0 Å². The van der Waals surface area contributed by atoms with Crippen LogP contribution in [-0.2, 0) is 10.0 Å². The zero-order chi connectivity index (χ0) is 22.0. The minimum Gasteiger partial charge on any atom is -0.314 e. The second-order valence-electron chi connectivity index (χ2n) is 8.64. The summed E-state index contributed by atoms with van der Waals surface area (Å²) >= 11 is 0. The molecule has 0 bridgehead atoms. The van der Waals surface area contributed by atoms with E-state index >= 15 is 0 Å². The molecule has 1 atom stereocenters.